The molecule has 0 aromatic carbocycles. The van der Waals surface area contributed by atoms with Crippen LogP contribution in [0.3, 0.4) is 0 Å². The molecular formula is C12H35N3Si2. The molecule has 5 heteroatoms. The Balaban J connectivity index is 0. The lowest BCUT2D eigenvalue weighted by molar-refractivity contribution is 0.485. The van der Waals surface area contributed by atoms with Gasteiger partial charge in [-0.05, 0) is 41.5 Å². The standard InChI is InChI=1S/C8H22N2Si.C4H13NSi/c1-7(2,3)9-11-10-8(4,5)6;1-2-3-4-6-5/h9-10H,11H2,1-6H3;2-6H2,1H3. The molecule has 0 spiro atoms. The number of hydrogen-bond acceptors (Lipinski definition) is 3. The minimum Gasteiger partial charge on any atom is -0.356 e. The van der Waals surface area contributed by atoms with Crippen LogP contribution in [0.25, 0.3) is 0 Å². The molecule has 0 aromatic rings. The van der Waals surface area contributed by atoms with Crippen molar-refractivity contribution in [2.45, 2.75) is 78.4 Å². The van der Waals surface area contributed by atoms with Crippen LogP contribution in [0, 0.1) is 0 Å². The van der Waals surface area contributed by atoms with E-state index < -0.39 is 0 Å². The summed E-state index contributed by atoms with van der Waals surface area (Å²) in [6, 6.07) is 1.33. The predicted octanol–water partition coefficient (Wildman–Crippen LogP) is 1.01. The molecule has 4 N–H and O–H groups in total. The smallest absolute Gasteiger partial charge is 0.168 e. The van der Waals surface area contributed by atoms with E-state index in [1.807, 2.05) is 0 Å². The summed E-state index contributed by atoms with van der Waals surface area (Å²) in [4.78, 5) is 7.01. The van der Waals surface area contributed by atoms with Crippen molar-refractivity contribution in [1.82, 2.24) is 9.96 Å². The van der Waals surface area contributed by atoms with Crippen LogP contribution in [-0.2, 0) is 0 Å². The van der Waals surface area contributed by atoms with Crippen molar-refractivity contribution in [2.75, 3.05) is 0 Å². The molecular weight excluding hydrogens is 242 g/mol. The Morgan fingerprint density at radius 1 is 0.941 bits per heavy atom. The monoisotopic (exact) mass is 277 g/mol. The van der Waals surface area contributed by atoms with Crippen LogP contribution in [0.5, 0.6) is 0 Å². The van der Waals surface area contributed by atoms with E-state index >= 15 is 0 Å². The quantitative estimate of drug-likeness (QED) is 0.519. The molecule has 0 fully saturated rings. The van der Waals surface area contributed by atoms with E-state index in [9.17, 15) is 0 Å². The molecule has 3 nitrogen and oxygen atoms in total. The van der Waals surface area contributed by atoms with E-state index in [1.165, 1.54) is 18.9 Å². The van der Waals surface area contributed by atoms with Crippen molar-refractivity contribution < 1.29 is 0 Å². The lowest BCUT2D eigenvalue weighted by atomic mass is 10.1. The van der Waals surface area contributed by atoms with E-state index in [-0.39, 0.29) is 30.6 Å². The van der Waals surface area contributed by atoms with Gasteiger partial charge in [-0.15, -0.1) is 0 Å². The van der Waals surface area contributed by atoms with Gasteiger partial charge in [0.1, 0.15) is 0 Å². The van der Waals surface area contributed by atoms with E-state index in [2.05, 4.69) is 58.4 Å². The Hall–Kier alpha value is 0.314. The SMILES string of the molecule is CC(C)(C)N[SiH2]NC(C)(C)C.CCCC[SiH2]N. The minimum atomic E-state index is -0.297. The molecule has 0 aliphatic rings. The highest BCUT2D eigenvalue weighted by Crippen LogP contribution is 1.98. The van der Waals surface area contributed by atoms with Crippen LogP contribution in [-0.4, -0.2) is 30.6 Å². The summed E-state index contributed by atoms with van der Waals surface area (Å²) < 4.78 is 0. The minimum absolute atomic E-state index is 0.0970. The van der Waals surface area contributed by atoms with Gasteiger partial charge >= 0.3 is 0 Å². The first-order chi connectivity index (χ1) is 7.62. The van der Waals surface area contributed by atoms with E-state index in [0.717, 1.165) is 0 Å². The first-order valence-corrected chi connectivity index (χ1v) is 10.1. The third kappa shape index (κ3) is 26.1. The molecule has 0 rings (SSSR count). The Bertz CT molecular complexity index is 144. The Morgan fingerprint density at radius 2 is 1.35 bits per heavy atom. The maximum atomic E-state index is 5.35. The highest BCUT2D eigenvalue weighted by molar-refractivity contribution is 6.30. The van der Waals surface area contributed by atoms with Gasteiger partial charge in [0, 0.05) is 11.1 Å². The van der Waals surface area contributed by atoms with Crippen LogP contribution < -0.4 is 15.4 Å². The summed E-state index contributed by atoms with van der Waals surface area (Å²) >= 11 is 0. The van der Waals surface area contributed by atoms with Crippen LogP contribution >= 0.6 is 0 Å². The molecule has 0 aliphatic carbocycles. The number of nitrogens with one attached hydrogen (secondary N) is 2. The second-order valence-electron chi connectivity index (χ2n) is 6.53. The van der Waals surface area contributed by atoms with Crippen LogP contribution in [0.4, 0.5) is 0 Å². The van der Waals surface area contributed by atoms with E-state index in [1.54, 1.807) is 0 Å². The zero-order valence-electron chi connectivity index (χ0n) is 13.1. The fourth-order valence-electron chi connectivity index (χ4n) is 0.969. The molecule has 0 aromatic heterocycles. The highest BCUT2D eigenvalue weighted by Gasteiger charge is 2.12. The third-order valence-electron chi connectivity index (χ3n) is 2.05. The van der Waals surface area contributed by atoms with Gasteiger partial charge in [0.2, 0.25) is 0 Å². The zero-order chi connectivity index (χ0) is 13.9. The molecule has 0 unspecified atom stereocenters. The molecule has 0 saturated carbocycles. The molecule has 0 atom stereocenters. The van der Waals surface area contributed by atoms with Crippen molar-refractivity contribution in [2.24, 2.45) is 5.40 Å². The third-order valence-corrected chi connectivity index (χ3v) is 5.43. The molecule has 0 aliphatic heterocycles. The molecule has 0 radical (unpaired) electrons. The van der Waals surface area contributed by atoms with E-state index in [0.29, 0.717) is 0 Å². The Kier molecular flexibility index (Phi) is 11.9. The van der Waals surface area contributed by atoms with Gasteiger partial charge in [-0.1, -0.05) is 25.8 Å². The van der Waals surface area contributed by atoms with Crippen LogP contribution in [0.15, 0.2) is 0 Å². The van der Waals surface area contributed by atoms with Gasteiger partial charge in [-0.2, -0.15) is 0 Å². The summed E-state index contributed by atoms with van der Waals surface area (Å²) in [5.41, 5.74) is 0.537. The number of nitrogens with two attached hydrogens (primary N) is 1. The van der Waals surface area contributed by atoms with Crippen molar-refractivity contribution in [1.29, 1.82) is 0 Å². The van der Waals surface area contributed by atoms with Crippen molar-refractivity contribution in [3.05, 3.63) is 0 Å². The first kappa shape index (κ1) is 19.6. The molecule has 0 saturated heterocycles. The summed E-state index contributed by atoms with van der Waals surface area (Å²) in [5.74, 6) is 0. The van der Waals surface area contributed by atoms with Crippen molar-refractivity contribution in [3.8, 4) is 0 Å². The molecule has 106 valence electrons. The fourth-order valence-corrected chi connectivity index (χ4v) is 2.91. The summed E-state index contributed by atoms with van der Waals surface area (Å²) in [6.45, 7) is 15.4. The number of rotatable bonds is 5. The van der Waals surface area contributed by atoms with Gasteiger partial charge in [-0.25, -0.2) is 0 Å². The Morgan fingerprint density at radius 3 is 1.53 bits per heavy atom. The second-order valence-corrected chi connectivity index (χ2v) is 8.87. The van der Waals surface area contributed by atoms with Gasteiger partial charge in [0.05, 0.1) is 9.68 Å². The average molecular weight is 278 g/mol. The van der Waals surface area contributed by atoms with Gasteiger partial charge in [0.25, 0.3) is 0 Å². The molecule has 0 amide bonds. The van der Waals surface area contributed by atoms with Gasteiger partial charge in [0.15, 0.2) is 9.84 Å². The van der Waals surface area contributed by atoms with E-state index in [4.69, 9.17) is 5.40 Å². The summed E-state index contributed by atoms with van der Waals surface area (Å²) in [5, 5.41) is 5.35. The predicted molar refractivity (Wildman–Crippen MR) is 86.8 cm³/mol. The topological polar surface area (TPSA) is 50.1 Å². The Labute approximate surface area is 114 Å². The highest BCUT2D eigenvalue weighted by atomic mass is 28.2. The fraction of sp³-hybridized carbons (Fsp3) is 1.00. The maximum Gasteiger partial charge on any atom is 0.168 e. The normalized spacial score (nSPS) is 12.7. The first-order valence-electron chi connectivity index (χ1n) is 6.82. The second kappa shape index (κ2) is 10.3. The molecule has 0 bridgehead atoms. The van der Waals surface area contributed by atoms with Gasteiger partial charge < -0.3 is 15.4 Å². The summed E-state index contributed by atoms with van der Waals surface area (Å²) in [7, 11) is -0.394. The largest absolute Gasteiger partial charge is 0.356 e. The summed E-state index contributed by atoms with van der Waals surface area (Å²) in [6.07, 6.45) is 2.66. The molecule has 17 heavy (non-hydrogen) atoms. The lowest BCUT2D eigenvalue weighted by Gasteiger charge is -2.26. The van der Waals surface area contributed by atoms with Crippen molar-refractivity contribution in [3.63, 3.8) is 0 Å². The van der Waals surface area contributed by atoms with Crippen LogP contribution in [0.2, 0.25) is 6.04 Å². The zero-order valence-corrected chi connectivity index (χ0v) is 15.9. The van der Waals surface area contributed by atoms with Crippen molar-refractivity contribution >= 4 is 19.5 Å². The maximum absolute atomic E-state index is 5.35. The van der Waals surface area contributed by atoms with Gasteiger partial charge in [-0.3, -0.25) is 0 Å². The number of hydrogen-bond donors (Lipinski definition) is 3. The lowest BCUT2D eigenvalue weighted by Crippen LogP contribution is -2.50. The molecule has 0 heterocycles. The average Bonchev–Trinajstić information content (AvgIpc) is 2.11. The number of unbranched alkanes of at least 4 members (excludes halogenated alkanes) is 1. The van der Waals surface area contributed by atoms with Crippen LogP contribution in [0.1, 0.15) is 61.3 Å².